The monoisotopic (exact) mass is 264 g/mol. The third-order valence-electron chi connectivity index (χ3n) is 4.32. The van der Waals surface area contributed by atoms with E-state index in [9.17, 15) is 0 Å². The van der Waals surface area contributed by atoms with Crippen LogP contribution in [-0.2, 0) is 14.0 Å². The first kappa shape index (κ1) is 13.2. The summed E-state index contributed by atoms with van der Waals surface area (Å²) in [5.74, 6) is 0. The molecule has 19 heavy (non-hydrogen) atoms. The Hall–Kier alpha value is -0.845. The molecule has 2 aliphatic heterocycles. The van der Waals surface area contributed by atoms with Gasteiger partial charge in [-0.25, -0.2) is 4.68 Å². The first-order chi connectivity index (χ1) is 8.89. The molecule has 1 atom stereocenters. The first-order valence-electron chi connectivity index (χ1n) is 6.91. The average Bonchev–Trinajstić information content (AvgIpc) is 3.00. The number of nitrogens with zero attached hydrogens (tertiary/aromatic N) is 2. The smallest absolute Gasteiger partial charge is 0.398 e. The minimum absolute atomic E-state index is 0.0659. The van der Waals surface area contributed by atoms with Gasteiger partial charge in [0.15, 0.2) is 0 Å². The molecule has 6 heteroatoms. The van der Waals surface area contributed by atoms with Crippen LogP contribution in [-0.4, -0.2) is 34.7 Å². The normalized spacial score (nSPS) is 29.1. The van der Waals surface area contributed by atoms with Crippen LogP contribution in [0.1, 0.15) is 46.8 Å². The molecule has 0 N–H and O–H groups in total. The number of rotatable bonds is 2. The molecule has 2 fully saturated rings. The van der Waals surface area contributed by atoms with E-state index < -0.39 is 7.12 Å². The maximum Gasteiger partial charge on any atom is 0.516 e. The largest absolute Gasteiger partial charge is 0.516 e. The van der Waals surface area contributed by atoms with Gasteiger partial charge < -0.3 is 14.0 Å². The lowest BCUT2D eigenvalue weighted by molar-refractivity contribution is 0.00578. The van der Waals surface area contributed by atoms with Crippen molar-refractivity contribution in [1.82, 2.24) is 9.78 Å². The van der Waals surface area contributed by atoms with E-state index in [1.54, 1.807) is 0 Å². The fourth-order valence-electron chi connectivity index (χ4n) is 2.37. The van der Waals surface area contributed by atoms with Gasteiger partial charge in [-0.1, -0.05) is 0 Å². The SMILES string of the molecule is CC1(C)OB(c2ccn(C3CCCO3)n2)OC1(C)C. The lowest BCUT2D eigenvalue weighted by atomic mass is 9.85. The van der Waals surface area contributed by atoms with Crippen LogP contribution in [0.3, 0.4) is 0 Å². The highest BCUT2D eigenvalue weighted by atomic mass is 16.7. The van der Waals surface area contributed by atoms with E-state index >= 15 is 0 Å². The zero-order chi connectivity index (χ0) is 13.7. The second-order valence-corrected chi connectivity index (χ2v) is 6.28. The van der Waals surface area contributed by atoms with Gasteiger partial charge in [-0.2, -0.15) is 5.10 Å². The van der Waals surface area contributed by atoms with Crippen molar-refractivity contribution in [2.45, 2.75) is 58.0 Å². The van der Waals surface area contributed by atoms with Crippen molar-refractivity contribution >= 4 is 12.7 Å². The molecule has 3 heterocycles. The van der Waals surface area contributed by atoms with E-state index in [-0.39, 0.29) is 17.4 Å². The third kappa shape index (κ3) is 2.22. The van der Waals surface area contributed by atoms with Gasteiger partial charge in [0.05, 0.1) is 16.8 Å². The summed E-state index contributed by atoms with van der Waals surface area (Å²) < 4.78 is 19.5. The van der Waals surface area contributed by atoms with Crippen LogP contribution in [0.5, 0.6) is 0 Å². The van der Waals surface area contributed by atoms with Crippen LogP contribution < -0.4 is 5.59 Å². The van der Waals surface area contributed by atoms with E-state index in [0.717, 1.165) is 25.0 Å². The molecule has 0 bridgehead atoms. The summed E-state index contributed by atoms with van der Waals surface area (Å²) in [6, 6.07) is 1.95. The van der Waals surface area contributed by atoms with E-state index in [1.807, 2.05) is 44.6 Å². The summed E-state index contributed by atoms with van der Waals surface area (Å²) in [4.78, 5) is 0. The number of ether oxygens (including phenoxy) is 1. The van der Waals surface area contributed by atoms with Crippen molar-refractivity contribution in [1.29, 1.82) is 0 Å². The molecule has 104 valence electrons. The Morgan fingerprint density at radius 2 is 1.95 bits per heavy atom. The molecular weight excluding hydrogens is 243 g/mol. The highest BCUT2D eigenvalue weighted by Gasteiger charge is 2.52. The molecule has 2 aliphatic rings. The molecule has 0 aliphatic carbocycles. The Morgan fingerprint density at radius 1 is 1.26 bits per heavy atom. The van der Waals surface area contributed by atoms with Crippen molar-refractivity contribution in [3.8, 4) is 0 Å². The number of aromatic nitrogens is 2. The lowest BCUT2D eigenvalue weighted by Crippen LogP contribution is -2.41. The molecule has 3 rings (SSSR count). The molecule has 0 spiro atoms. The highest BCUT2D eigenvalue weighted by Crippen LogP contribution is 2.36. The van der Waals surface area contributed by atoms with Crippen molar-refractivity contribution in [3.05, 3.63) is 12.3 Å². The topological polar surface area (TPSA) is 45.5 Å². The molecule has 5 nitrogen and oxygen atoms in total. The summed E-state index contributed by atoms with van der Waals surface area (Å²) in [7, 11) is -0.396. The molecule has 0 aromatic carbocycles. The fourth-order valence-corrected chi connectivity index (χ4v) is 2.37. The molecule has 1 unspecified atom stereocenters. The van der Waals surface area contributed by atoms with Gasteiger partial charge in [0.1, 0.15) is 6.23 Å². The van der Waals surface area contributed by atoms with Crippen LogP contribution in [0.15, 0.2) is 12.3 Å². The van der Waals surface area contributed by atoms with Crippen molar-refractivity contribution in [2.24, 2.45) is 0 Å². The Morgan fingerprint density at radius 3 is 2.53 bits per heavy atom. The molecule has 1 aromatic rings. The fraction of sp³-hybridized carbons (Fsp3) is 0.769. The Labute approximate surface area is 114 Å². The third-order valence-corrected chi connectivity index (χ3v) is 4.32. The molecule has 1 aromatic heterocycles. The molecule has 0 saturated carbocycles. The molecule has 0 amide bonds. The van der Waals surface area contributed by atoms with Gasteiger partial charge in [-0.3, -0.25) is 0 Å². The highest BCUT2D eigenvalue weighted by molar-refractivity contribution is 6.61. The average molecular weight is 264 g/mol. The van der Waals surface area contributed by atoms with E-state index in [2.05, 4.69) is 5.10 Å². The predicted octanol–water partition coefficient (Wildman–Crippen LogP) is 1.49. The number of hydrogen-bond donors (Lipinski definition) is 0. The van der Waals surface area contributed by atoms with Crippen molar-refractivity contribution in [3.63, 3.8) is 0 Å². The second-order valence-electron chi connectivity index (χ2n) is 6.28. The van der Waals surface area contributed by atoms with Gasteiger partial charge in [-0.05, 0) is 46.6 Å². The maximum atomic E-state index is 5.99. The van der Waals surface area contributed by atoms with Crippen molar-refractivity contribution in [2.75, 3.05) is 6.61 Å². The van der Waals surface area contributed by atoms with E-state index in [0.29, 0.717) is 0 Å². The zero-order valence-electron chi connectivity index (χ0n) is 12.0. The minimum Gasteiger partial charge on any atom is -0.398 e. The predicted molar refractivity (Wildman–Crippen MR) is 72.2 cm³/mol. The molecular formula is C13H21BN2O3. The zero-order valence-corrected chi connectivity index (χ0v) is 12.0. The first-order valence-corrected chi connectivity index (χ1v) is 6.91. The summed E-state index contributed by atoms with van der Waals surface area (Å²) in [6.07, 6.45) is 4.12. The Kier molecular flexibility index (Phi) is 3.00. The summed E-state index contributed by atoms with van der Waals surface area (Å²) in [5, 5.41) is 4.55. The van der Waals surface area contributed by atoms with Gasteiger partial charge >= 0.3 is 7.12 Å². The standard InChI is InChI=1S/C13H21BN2O3/c1-12(2)13(3,4)19-14(18-12)10-7-8-16(15-10)11-6-5-9-17-11/h7-8,11H,5-6,9H2,1-4H3. The second kappa shape index (κ2) is 4.33. The van der Waals surface area contributed by atoms with Crippen LogP contribution in [0.2, 0.25) is 0 Å². The Bertz CT molecular complexity index is 450. The van der Waals surface area contributed by atoms with E-state index in [1.165, 1.54) is 0 Å². The number of hydrogen-bond acceptors (Lipinski definition) is 4. The summed E-state index contributed by atoms with van der Waals surface area (Å²) >= 11 is 0. The van der Waals surface area contributed by atoms with Crippen LogP contribution >= 0.6 is 0 Å². The van der Waals surface area contributed by atoms with Crippen molar-refractivity contribution < 1.29 is 14.0 Å². The minimum atomic E-state index is -0.396. The van der Waals surface area contributed by atoms with Crippen LogP contribution in [0.25, 0.3) is 0 Å². The maximum absolute atomic E-state index is 5.99. The summed E-state index contributed by atoms with van der Waals surface area (Å²) in [6.45, 7) is 9.00. The van der Waals surface area contributed by atoms with Crippen LogP contribution in [0, 0.1) is 0 Å². The van der Waals surface area contributed by atoms with Gasteiger partial charge in [-0.15, -0.1) is 0 Å². The molecule has 0 radical (unpaired) electrons. The van der Waals surface area contributed by atoms with Gasteiger partial charge in [0, 0.05) is 12.8 Å². The molecule has 2 saturated heterocycles. The lowest BCUT2D eigenvalue weighted by Gasteiger charge is -2.32. The van der Waals surface area contributed by atoms with Crippen LogP contribution in [0.4, 0.5) is 0 Å². The van der Waals surface area contributed by atoms with E-state index in [4.69, 9.17) is 14.0 Å². The Balaban J connectivity index is 1.77. The van der Waals surface area contributed by atoms with Gasteiger partial charge in [0.2, 0.25) is 0 Å². The van der Waals surface area contributed by atoms with Gasteiger partial charge in [0.25, 0.3) is 0 Å². The quantitative estimate of drug-likeness (QED) is 0.759. The summed E-state index contributed by atoms with van der Waals surface area (Å²) in [5.41, 5.74) is 0.158.